The molecule has 7 nitrogen and oxygen atoms in total. The van der Waals surface area contributed by atoms with Gasteiger partial charge in [0.1, 0.15) is 17.3 Å². The van der Waals surface area contributed by atoms with E-state index in [-0.39, 0.29) is 5.82 Å². The van der Waals surface area contributed by atoms with Crippen LogP contribution in [0.1, 0.15) is 13.8 Å². The maximum atomic E-state index is 14.0. The van der Waals surface area contributed by atoms with E-state index in [2.05, 4.69) is 14.8 Å². The third-order valence-corrected chi connectivity index (χ3v) is 5.82. The van der Waals surface area contributed by atoms with E-state index in [4.69, 9.17) is 10.1 Å². The van der Waals surface area contributed by atoms with Gasteiger partial charge < -0.3 is 10.0 Å². The number of piperazine rings is 1. The van der Waals surface area contributed by atoms with E-state index in [1.807, 2.05) is 48.7 Å². The smallest absolute Gasteiger partial charge is 0.155 e. The first-order valence-corrected chi connectivity index (χ1v) is 11.1. The van der Waals surface area contributed by atoms with E-state index in [9.17, 15) is 9.50 Å². The van der Waals surface area contributed by atoms with E-state index in [1.165, 1.54) is 12.1 Å². The van der Waals surface area contributed by atoms with E-state index in [0.717, 1.165) is 43.3 Å². The van der Waals surface area contributed by atoms with Crippen LogP contribution in [0.15, 0.2) is 60.9 Å². The van der Waals surface area contributed by atoms with Crippen molar-refractivity contribution in [3.8, 4) is 22.5 Å². The molecule has 1 N–H and O–H groups in total. The molecule has 5 rings (SSSR count). The second-order valence-electron chi connectivity index (χ2n) is 9.09. The zero-order chi connectivity index (χ0) is 23.0. The van der Waals surface area contributed by atoms with Gasteiger partial charge in [0.15, 0.2) is 5.65 Å². The predicted molar refractivity (Wildman–Crippen MR) is 127 cm³/mol. The Morgan fingerprint density at radius 2 is 1.73 bits per heavy atom. The van der Waals surface area contributed by atoms with Crippen LogP contribution in [-0.2, 0) is 0 Å². The molecule has 1 aromatic carbocycles. The molecule has 0 amide bonds. The Bertz CT molecular complexity index is 1260. The lowest BCUT2D eigenvalue weighted by atomic mass is 10.1. The average Bonchev–Trinajstić information content (AvgIpc) is 3.18. The van der Waals surface area contributed by atoms with Gasteiger partial charge in [0, 0.05) is 56.2 Å². The number of anilines is 1. The normalized spacial score (nSPS) is 15.3. The van der Waals surface area contributed by atoms with Crippen molar-refractivity contribution in [2.24, 2.45) is 0 Å². The number of rotatable bonds is 5. The van der Waals surface area contributed by atoms with Gasteiger partial charge in [-0.2, -0.15) is 0 Å². The number of aromatic nitrogens is 4. The Morgan fingerprint density at radius 1 is 0.970 bits per heavy atom. The molecule has 4 heterocycles. The summed E-state index contributed by atoms with van der Waals surface area (Å²) in [5, 5.41) is 15.1. The van der Waals surface area contributed by atoms with Gasteiger partial charge in [-0.15, -0.1) is 5.10 Å². The topological polar surface area (TPSA) is 69.8 Å². The molecule has 0 spiro atoms. The van der Waals surface area contributed by atoms with Crippen molar-refractivity contribution < 1.29 is 9.50 Å². The van der Waals surface area contributed by atoms with E-state index >= 15 is 0 Å². The third-order valence-electron chi connectivity index (χ3n) is 5.82. The molecule has 0 saturated carbocycles. The molecule has 170 valence electrons. The van der Waals surface area contributed by atoms with Gasteiger partial charge in [-0.3, -0.25) is 9.88 Å². The molecule has 1 aliphatic heterocycles. The first-order valence-electron chi connectivity index (χ1n) is 11.1. The number of halogens is 1. The summed E-state index contributed by atoms with van der Waals surface area (Å²) >= 11 is 0. The van der Waals surface area contributed by atoms with Crippen LogP contribution in [0.2, 0.25) is 0 Å². The molecule has 8 heteroatoms. The Labute approximate surface area is 192 Å². The quantitative estimate of drug-likeness (QED) is 0.506. The summed E-state index contributed by atoms with van der Waals surface area (Å²) < 4.78 is 15.8. The molecule has 1 fully saturated rings. The lowest BCUT2D eigenvalue weighted by Crippen LogP contribution is -2.50. The predicted octanol–water partition coefficient (Wildman–Crippen LogP) is 3.49. The van der Waals surface area contributed by atoms with Gasteiger partial charge in [0.05, 0.1) is 11.3 Å². The Balaban J connectivity index is 1.53. The first-order chi connectivity index (χ1) is 15.9. The monoisotopic (exact) mass is 446 g/mol. The van der Waals surface area contributed by atoms with E-state index in [0.29, 0.717) is 23.4 Å². The maximum absolute atomic E-state index is 14.0. The molecule has 0 bridgehead atoms. The van der Waals surface area contributed by atoms with E-state index < -0.39 is 5.60 Å². The van der Waals surface area contributed by atoms with Crippen LogP contribution in [-0.4, -0.2) is 67.9 Å². The fourth-order valence-electron chi connectivity index (χ4n) is 4.38. The number of hydrogen-bond donors (Lipinski definition) is 1. The van der Waals surface area contributed by atoms with Gasteiger partial charge in [0.25, 0.3) is 0 Å². The van der Waals surface area contributed by atoms with Gasteiger partial charge in [-0.05, 0) is 50.2 Å². The van der Waals surface area contributed by atoms with Crippen molar-refractivity contribution in [2.75, 3.05) is 37.6 Å². The first kappa shape index (κ1) is 21.5. The molecule has 0 unspecified atom stereocenters. The Kier molecular flexibility index (Phi) is 5.55. The summed E-state index contributed by atoms with van der Waals surface area (Å²) in [6.07, 6.45) is 3.46. The number of aliphatic hydroxyl groups is 1. The minimum atomic E-state index is -0.705. The molecule has 4 aromatic rings. The number of benzene rings is 1. The van der Waals surface area contributed by atoms with Crippen LogP contribution in [0.5, 0.6) is 0 Å². The number of fused-ring (bicyclic) bond motifs is 1. The molecular formula is C25H27FN6O. The second kappa shape index (κ2) is 8.53. The zero-order valence-corrected chi connectivity index (χ0v) is 18.8. The third kappa shape index (κ3) is 4.58. The summed E-state index contributed by atoms with van der Waals surface area (Å²) in [5.41, 5.74) is 3.10. The summed E-state index contributed by atoms with van der Waals surface area (Å²) in [4.78, 5) is 13.5. The van der Waals surface area contributed by atoms with Crippen LogP contribution in [0, 0.1) is 5.82 Å². The van der Waals surface area contributed by atoms with E-state index in [1.54, 1.807) is 18.5 Å². The van der Waals surface area contributed by atoms with Crippen LogP contribution in [0.4, 0.5) is 10.2 Å². The molecule has 0 aliphatic carbocycles. The molecule has 1 saturated heterocycles. The van der Waals surface area contributed by atoms with Gasteiger partial charge >= 0.3 is 0 Å². The van der Waals surface area contributed by atoms with Crippen LogP contribution in [0.3, 0.4) is 0 Å². The zero-order valence-electron chi connectivity index (χ0n) is 18.8. The molecular weight excluding hydrogens is 419 g/mol. The highest BCUT2D eigenvalue weighted by molar-refractivity contribution is 5.81. The highest BCUT2D eigenvalue weighted by Gasteiger charge is 2.24. The number of nitrogens with zero attached hydrogens (tertiary/aromatic N) is 6. The number of β-amino-alcohol motifs (C(OH)–C–C–N with tert-alkyl or cyclic N) is 1. The average molecular weight is 447 g/mol. The molecule has 1 aliphatic rings. The molecule has 33 heavy (non-hydrogen) atoms. The van der Waals surface area contributed by atoms with Crippen LogP contribution >= 0.6 is 0 Å². The fraction of sp³-hybridized carbons (Fsp3) is 0.320. The summed E-state index contributed by atoms with van der Waals surface area (Å²) in [5.74, 6) is 0.562. The van der Waals surface area contributed by atoms with Crippen molar-refractivity contribution in [3.63, 3.8) is 0 Å². The molecule has 3 aromatic heterocycles. The minimum absolute atomic E-state index is 0.303. The van der Waals surface area contributed by atoms with Crippen LogP contribution < -0.4 is 4.90 Å². The standard InChI is InChI=1S/C25H27FN6O/c1-25(2,33)17-30-12-14-31(15-13-30)22-7-6-21-28-23(19-4-3-5-20(26)16-19)24(32(21)29-22)18-8-10-27-11-9-18/h3-11,16,33H,12-15,17H2,1-2H3. The summed E-state index contributed by atoms with van der Waals surface area (Å²) in [6, 6.07) is 14.2. The fourth-order valence-corrected chi connectivity index (χ4v) is 4.38. The minimum Gasteiger partial charge on any atom is -0.389 e. The van der Waals surface area contributed by atoms with Crippen LogP contribution in [0.25, 0.3) is 28.2 Å². The molecule has 0 radical (unpaired) electrons. The van der Waals surface area contributed by atoms with Gasteiger partial charge in [-0.1, -0.05) is 12.1 Å². The largest absolute Gasteiger partial charge is 0.389 e. The molecule has 0 atom stereocenters. The SMILES string of the molecule is CC(C)(O)CN1CCN(c2ccc3nc(-c4cccc(F)c4)c(-c4ccncc4)n3n2)CC1. The van der Waals surface area contributed by atoms with Crippen molar-refractivity contribution in [1.29, 1.82) is 0 Å². The Morgan fingerprint density at radius 3 is 2.42 bits per heavy atom. The maximum Gasteiger partial charge on any atom is 0.155 e. The number of hydrogen-bond acceptors (Lipinski definition) is 6. The lowest BCUT2D eigenvalue weighted by molar-refractivity contribution is 0.0344. The second-order valence-corrected chi connectivity index (χ2v) is 9.09. The number of pyridine rings is 1. The van der Waals surface area contributed by atoms with Crippen molar-refractivity contribution in [3.05, 3.63) is 66.7 Å². The Hall–Kier alpha value is -3.36. The number of imidazole rings is 1. The van der Waals surface area contributed by atoms with Gasteiger partial charge in [-0.25, -0.2) is 13.9 Å². The summed E-state index contributed by atoms with van der Waals surface area (Å²) in [7, 11) is 0. The van der Waals surface area contributed by atoms with Crippen molar-refractivity contribution >= 4 is 11.5 Å². The summed E-state index contributed by atoms with van der Waals surface area (Å²) in [6.45, 7) is 7.70. The van der Waals surface area contributed by atoms with Crippen molar-refractivity contribution in [1.82, 2.24) is 24.5 Å². The highest BCUT2D eigenvalue weighted by atomic mass is 19.1. The highest BCUT2D eigenvalue weighted by Crippen LogP contribution is 2.33. The van der Waals surface area contributed by atoms with Gasteiger partial charge in [0.2, 0.25) is 0 Å². The van der Waals surface area contributed by atoms with Crippen molar-refractivity contribution in [2.45, 2.75) is 19.4 Å². The lowest BCUT2D eigenvalue weighted by Gasteiger charge is -2.37.